The van der Waals surface area contributed by atoms with E-state index in [1.165, 1.54) is 20.3 Å². The number of aliphatic hydroxyl groups excluding tert-OH is 2. The summed E-state index contributed by atoms with van der Waals surface area (Å²) < 4.78 is 10.8. The second kappa shape index (κ2) is 7.32. The van der Waals surface area contributed by atoms with Crippen LogP contribution in [0.1, 0.15) is 10.4 Å². The van der Waals surface area contributed by atoms with Crippen LogP contribution in [-0.2, 0) is 0 Å². The van der Waals surface area contributed by atoms with Crippen molar-refractivity contribution >= 4 is 21.8 Å². The lowest BCUT2D eigenvalue weighted by Gasteiger charge is -2.14. The average molecular weight is 334 g/mol. The number of nitrogens with one attached hydrogen (secondary N) is 1. The Morgan fingerprint density at radius 2 is 2.11 bits per heavy atom. The van der Waals surface area contributed by atoms with Gasteiger partial charge in [-0.2, -0.15) is 0 Å². The van der Waals surface area contributed by atoms with Gasteiger partial charge in [-0.3, -0.25) is 4.79 Å². The first-order valence-electron chi connectivity index (χ1n) is 5.52. The van der Waals surface area contributed by atoms with Gasteiger partial charge in [0.15, 0.2) is 0 Å². The Bertz CT molecular complexity index is 452. The molecule has 106 valence electrons. The summed E-state index contributed by atoms with van der Waals surface area (Å²) in [4.78, 5) is 12.0. The fourth-order valence-electron chi connectivity index (χ4n) is 1.43. The highest BCUT2D eigenvalue weighted by molar-refractivity contribution is 9.10. The van der Waals surface area contributed by atoms with E-state index >= 15 is 0 Å². The molecule has 0 aliphatic carbocycles. The summed E-state index contributed by atoms with van der Waals surface area (Å²) >= 11 is 3.29. The minimum absolute atomic E-state index is 0.0483. The Morgan fingerprint density at radius 1 is 1.42 bits per heavy atom. The quantitative estimate of drug-likeness (QED) is 0.707. The SMILES string of the molecule is COc1cc(Br)c(OC)c(C(=O)NCC(O)CO)c1. The van der Waals surface area contributed by atoms with Crippen molar-refractivity contribution in [1.29, 1.82) is 0 Å². The maximum Gasteiger partial charge on any atom is 0.255 e. The van der Waals surface area contributed by atoms with Crippen LogP contribution in [-0.4, -0.2) is 49.6 Å². The van der Waals surface area contributed by atoms with Gasteiger partial charge in [-0.1, -0.05) is 0 Å². The number of carbonyl (C=O) groups excluding carboxylic acids is 1. The number of methoxy groups -OCH3 is 2. The highest BCUT2D eigenvalue weighted by Gasteiger charge is 2.17. The molecule has 0 heterocycles. The van der Waals surface area contributed by atoms with Crippen LogP contribution in [0.3, 0.4) is 0 Å². The summed E-state index contributed by atoms with van der Waals surface area (Å²) in [5.41, 5.74) is 0.277. The molecule has 3 N–H and O–H groups in total. The first-order chi connectivity index (χ1) is 9.03. The van der Waals surface area contributed by atoms with E-state index in [-0.39, 0.29) is 12.1 Å². The van der Waals surface area contributed by atoms with Gasteiger partial charge in [0, 0.05) is 6.54 Å². The van der Waals surface area contributed by atoms with E-state index < -0.39 is 18.6 Å². The van der Waals surface area contributed by atoms with E-state index in [1.54, 1.807) is 6.07 Å². The van der Waals surface area contributed by atoms with Gasteiger partial charge in [-0.25, -0.2) is 0 Å². The van der Waals surface area contributed by atoms with Crippen LogP contribution in [0.5, 0.6) is 11.5 Å². The molecule has 1 unspecified atom stereocenters. The largest absolute Gasteiger partial charge is 0.497 e. The molecule has 6 nitrogen and oxygen atoms in total. The van der Waals surface area contributed by atoms with Gasteiger partial charge in [0.05, 0.1) is 37.0 Å². The van der Waals surface area contributed by atoms with Crippen molar-refractivity contribution in [2.45, 2.75) is 6.10 Å². The molecule has 0 saturated carbocycles. The number of ether oxygens (including phenoxy) is 2. The maximum atomic E-state index is 12.0. The number of amides is 1. The minimum atomic E-state index is -0.996. The van der Waals surface area contributed by atoms with Gasteiger partial charge in [-0.05, 0) is 28.1 Å². The molecule has 1 aromatic carbocycles. The summed E-state index contributed by atoms with van der Waals surface area (Å²) in [6.07, 6.45) is -0.996. The number of halogens is 1. The van der Waals surface area contributed by atoms with Gasteiger partial charge >= 0.3 is 0 Å². The van der Waals surface area contributed by atoms with Crippen molar-refractivity contribution < 1.29 is 24.5 Å². The predicted octanol–water partition coefficient (Wildman–Crippen LogP) is 0.549. The Labute approximate surface area is 119 Å². The highest BCUT2D eigenvalue weighted by Crippen LogP contribution is 2.33. The molecule has 1 rings (SSSR count). The van der Waals surface area contributed by atoms with Crippen molar-refractivity contribution in [3.63, 3.8) is 0 Å². The van der Waals surface area contributed by atoms with Crippen molar-refractivity contribution in [1.82, 2.24) is 5.32 Å². The van der Waals surface area contributed by atoms with Crippen LogP contribution in [0.15, 0.2) is 16.6 Å². The molecule has 0 bridgehead atoms. The van der Waals surface area contributed by atoms with E-state index in [1.807, 2.05) is 0 Å². The van der Waals surface area contributed by atoms with Crippen LogP contribution in [0.25, 0.3) is 0 Å². The molecule has 7 heteroatoms. The van der Waals surface area contributed by atoms with E-state index in [4.69, 9.17) is 14.6 Å². The van der Waals surface area contributed by atoms with Crippen molar-refractivity contribution in [3.8, 4) is 11.5 Å². The zero-order valence-electron chi connectivity index (χ0n) is 10.6. The molecule has 1 aromatic rings. The predicted molar refractivity (Wildman–Crippen MR) is 72.7 cm³/mol. The summed E-state index contributed by atoms with van der Waals surface area (Å²) in [5.74, 6) is 0.446. The van der Waals surface area contributed by atoms with Crippen molar-refractivity contribution in [3.05, 3.63) is 22.2 Å². The van der Waals surface area contributed by atoms with Crippen LogP contribution >= 0.6 is 15.9 Å². The number of benzene rings is 1. The van der Waals surface area contributed by atoms with Crippen LogP contribution < -0.4 is 14.8 Å². The van der Waals surface area contributed by atoms with E-state index in [0.717, 1.165) is 0 Å². The summed E-state index contributed by atoms with van der Waals surface area (Å²) in [6, 6.07) is 3.21. The van der Waals surface area contributed by atoms with E-state index in [2.05, 4.69) is 21.2 Å². The fourth-order valence-corrected chi connectivity index (χ4v) is 2.03. The standard InChI is InChI=1S/C12H16BrNO5/c1-18-8-3-9(11(19-2)10(13)4-8)12(17)14-5-7(16)6-15/h3-4,7,15-16H,5-6H2,1-2H3,(H,14,17). The molecular weight excluding hydrogens is 318 g/mol. The normalized spacial score (nSPS) is 11.8. The molecule has 19 heavy (non-hydrogen) atoms. The zero-order chi connectivity index (χ0) is 14.4. The third-order valence-electron chi connectivity index (χ3n) is 2.41. The lowest BCUT2D eigenvalue weighted by Crippen LogP contribution is -2.34. The first-order valence-corrected chi connectivity index (χ1v) is 6.31. The summed E-state index contributed by atoms with van der Waals surface area (Å²) in [6.45, 7) is -0.466. The van der Waals surface area contributed by atoms with E-state index in [9.17, 15) is 9.90 Å². The molecule has 0 fully saturated rings. The second-order valence-electron chi connectivity index (χ2n) is 3.74. The summed E-state index contributed by atoms with van der Waals surface area (Å²) in [5, 5.41) is 20.4. The van der Waals surface area contributed by atoms with Gasteiger partial charge in [0.2, 0.25) is 0 Å². The second-order valence-corrected chi connectivity index (χ2v) is 4.59. The monoisotopic (exact) mass is 333 g/mol. The van der Waals surface area contributed by atoms with Crippen LogP contribution in [0.4, 0.5) is 0 Å². The topological polar surface area (TPSA) is 88.0 Å². The smallest absolute Gasteiger partial charge is 0.255 e. The Kier molecular flexibility index (Phi) is 6.07. The molecule has 0 aromatic heterocycles. The number of aliphatic hydroxyl groups is 2. The van der Waals surface area contributed by atoms with Crippen LogP contribution in [0, 0.1) is 0 Å². The fraction of sp³-hybridized carbons (Fsp3) is 0.417. The molecular formula is C12H16BrNO5. The minimum Gasteiger partial charge on any atom is -0.497 e. The van der Waals surface area contributed by atoms with Crippen LogP contribution in [0.2, 0.25) is 0 Å². The third-order valence-corrected chi connectivity index (χ3v) is 3.00. The lowest BCUT2D eigenvalue weighted by atomic mass is 10.1. The Balaban J connectivity index is 2.97. The van der Waals surface area contributed by atoms with Gasteiger partial charge in [0.1, 0.15) is 11.5 Å². The molecule has 0 aliphatic rings. The molecule has 1 amide bonds. The lowest BCUT2D eigenvalue weighted by molar-refractivity contribution is 0.0800. The van der Waals surface area contributed by atoms with Gasteiger partial charge in [-0.15, -0.1) is 0 Å². The number of hydrogen-bond acceptors (Lipinski definition) is 5. The molecule has 0 aliphatic heterocycles. The molecule has 0 spiro atoms. The maximum absolute atomic E-state index is 12.0. The van der Waals surface area contributed by atoms with Gasteiger partial charge in [0.25, 0.3) is 5.91 Å². The average Bonchev–Trinajstić information content (AvgIpc) is 2.43. The molecule has 0 radical (unpaired) electrons. The first kappa shape index (κ1) is 15.7. The highest BCUT2D eigenvalue weighted by atomic mass is 79.9. The van der Waals surface area contributed by atoms with Crippen molar-refractivity contribution in [2.24, 2.45) is 0 Å². The number of hydrogen-bond donors (Lipinski definition) is 3. The Hall–Kier alpha value is -1.31. The number of carbonyl (C=O) groups is 1. The Morgan fingerprint density at radius 3 is 2.63 bits per heavy atom. The van der Waals surface area contributed by atoms with Crippen molar-refractivity contribution in [2.75, 3.05) is 27.4 Å². The zero-order valence-corrected chi connectivity index (χ0v) is 12.2. The van der Waals surface area contributed by atoms with Gasteiger partial charge < -0.3 is 25.0 Å². The molecule has 0 saturated heterocycles. The van der Waals surface area contributed by atoms with E-state index in [0.29, 0.717) is 16.0 Å². The number of rotatable bonds is 6. The molecule has 1 atom stereocenters. The third kappa shape index (κ3) is 4.09. The summed E-state index contributed by atoms with van der Waals surface area (Å²) in [7, 11) is 2.94.